The van der Waals surface area contributed by atoms with Gasteiger partial charge in [0.1, 0.15) is 5.82 Å². The number of nitrogens with zero attached hydrogens (tertiary/aromatic N) is 4. The van der Waals surface area contributed by atoms with Crippen LogP contribution in [0.1, 0.15) is 30.0 Å². The van der Waals surface area contributed by atoms with E-state index in [0.29, 0.717) is 5.39 Å². The third-order valence-corrected chi connectivity index (χ3v) is 4.89. The van der Waals surface area contributed by atoms with Gasteiger partial charge in [-0.15, -0.1) is 0 Å². The van der Waals surface area contributed by atoms with Gasteiger partial charge >= 0.3 is 11.8 Å². The predicted octanol–water partition coefficient (Wildman–Crippen LogP) is 2.02. The first-order chi connectivity index (χ1) is 13.2. The molecule has 4 rings (SSSR count). The van der Waals surface area contributed by atoms with Gasteiger partial charge < -0.3 is 5.11 Å². The molecule has 3 aromatic rings. The highest BCUT2D eigenvalue weighted by Gasteiger charge is 2.54. The summed E-state index contributed by atoms with van der Waals surface area (Å²) in [4.78, 5) is 34.2. The highest BCUT2D eigenvalue weighted by atomic mass is 19.3. The maximum atomic E-state index is 14.7. The minimum atomic E-state index is -3.78. The third-order valence-electron chi connectivity index (χ3n) is 4.89. The number of carbonyl (C=O) groups is 1. The second-order valence-electron chi connectivity index (χ2n) is 6.65. The van der Waals surface area contributed by atoms with Crippen LogP contribution in [0.4, 0.5) is 14.5 Å². The number of aliphatic hydroxyl groups excluding tert-OH is 1. The van der Waals surface area contributed by atoms with Crippen LogP contribution < -0.4 is 10.5 Å². The number of halogens is 2. The largest absolute Gasteiger partial charge is 0.389 e. The summed E-state index contributed by atoms with van der Waals surface area (Å²) >= 11 is 0. The van der Waals surface area contributed by atoms with Crippen LogP contribution in [-0.4, -0.2) is 25.5 Å². The van der Waals surface area contributed by atoms with E-state index in [2.05, 4.69) is 9.97 Å². The molecular formula is C19H16F2N4O3. The number of aromatic nitrogens is 3. The first kappa shape index (κ1) is 18.2. The number of hydrogen-bond donors (Lipinski definition) is 1. The summed E-state index contributed by atoms with van der Waals surface area (Å²) in [6.07, 6.45) is 0.304. The molecule has 1 aromatic carbocycles. The highest BCUT2D eigenvalue weighted by Crippen LogP contribution is 2.47. The van der Waals surface area contributed by atoms with E-state index in [9.17, 15) is 23.5 Å². The molecule has 7 nitrogen and oxygen atoms in total. The fraction of sp³-hybridized carbons (Fsp3) is 0.263. The number of carbonyl (C=O) groups excluding carboxylic acids is 1. The van der Waals surface area contributed by atoms with Crippen molar-refractivity contribution in [1.82, 2.24) is 14.5 Å². The molecule has 0 saturated carbocycles. The summed E-state index contributed by atoms with van der Waals surface area (Å²) in [7, 11) is 1.46. The molecule has 0 aliphatic carbocycles. The molecule has 28 heavy (non-hydrogen) atoms. The Labute approximate surface area is 157 Å². The van der Waals surface area contributed by atoms with Crippen molar-refractivity contribution < 1.29 is 18.7 Å². The molecule has 0 unspecified atom stereocenters. The molecule has 0 bridgehead atoms. The summed E-state index contributed by atoms with van der Waals surface area (Å²) in [6.45, 7) is 1.03. The van der Waals surface area contributed by atoms with Crippen LogP contribution in [0.15, 0.2) is 41.3 Å². The highest BCUT2D eigenvalue weighted by molar-refractivity contribution is 6.06. The molecule has 0 fully saturated rings. The summed E-state index contributed by atoms with van der Waals surface area (Å²) in [6, 6.07) is 7.42. The minimum Gasteiger partial charge on any atom is -0.389 e. The fourth-order valence-corrected chi connectivity index (χ4v) is 3.45. The van der Waals surface area contributed by atoms with E-state index in [1.807, 2.05) is 0 Å². The lowest BCUT2D eigenvalue weighted by atomic mass is 9.99. The average Bonchev–Trinajstić information content (AvgIpc) is 2.86. The zero-order chi connectivity index (χ0) is 20.2. The summed E-state index contributed by atoms with van der Waals surface area (Å²) in [5, 5.41) is 10.1. The van der Waals surface area contributed by atoms with Crippen LogP contribution in [0.5, 0.6) is 0 Å². The lowest BCUT2D eigenvalue weighted by molar-refractivity contribution is -0.141. The number of anilines is 1. The van der Waals surface area contributed by atoms with Gasteiger partial charge in [0.25, 0.3) is 5.56 Å². The van der Waals surface area contributed by atoms with Gasteiger partial charge in [0.15, 0.2) is 5.65 Å². The molecule has 0 spiro atoms. The first-order valence-electron chi connectivity index (χ1n) is 8.55. The summed E-state index contributed by atoms with van der Waals surface area (Å²) < 4.78 is 30.7. The summed E-state index contributed by atoms with van der Waals surface area (Å²) in [5.41, 5.74) is -0.746. The Morgan fingerprint density at radius 2 is 1.96 bits per heavy atom. The molecular weight excluding hydrogens is 370 g/mol. The molecule has 2 aromatic heterocycles. The molecule has 3 heterocycles. The summed E-state index contributed by atoms with van der Waals surface area (Å²) in [5.74, 6) is -5.08. The molecule has 1 N–H and O–H groups in total. The quantitative estimate of drug-likeness (QED) is 0.744. The van der Waals surface area contributed by atoms with Gasteiger partial charge in [-0.25, -0.2) is 9.97 Å². The van der Waals surface area contributed by atoms with Crippen molar-refractivity contribution in [2.45, 2.75) is 25.5 Å². The zero-order valence-corrected chi connectivity index (χ0v) is 15.1. The first-order valence-corrected chi connectivity index (χ1v) is 8.55. The maximum absolute atomic E-state index is 14.7. The molecule has 9 heteroatoms. The normalized spacial score (nSPS) is 16.5. The molecule has 1 aliphatic heterocycles. The SMILES string of the molecule is C[C@H](O)c1cccc2c1C(F)(F)C(=O)N2Cc1nc2ncccc2c(=O)n1C. The Balaban J connectivity index is 1.86. The molecule has 1 amide bonds. The molecule has 0 saturated heterocycles. The number of aliphatic hydroxyl groups is 1. The molecule has 1 atom stereocenters. The molecule has 0 radical (unpaired) electrons. The fourth-order valence-electron chi connectivity index (χ4n) is 3.45. The number of fused-ring (bicyclic) bond motifs is 2. The van der Waals surface area contributed by atoms with Gasteiger partial charge in [-0.2, -0.15) is 8.78 Å². The topological polar surface area (TPSA) is 88.3 Å². The third kappa shape index (κ3) is 2.50. The Hall–Kier alpha value is -3.20. The van der Waals surface area contributed by atoms with Crippen molar-refractivity contribution in [2.75, 3.05) is 4.90 Å². The molecule has 1 aliphatic rings. The van der Waals surface area contributed by atoms with Gasteiger partial charge in [-0.1, -0.05) is 12.1 Å². The average molecular weight is 386 g/mol. The van der Waals surface area contributed by atoms with Gasteiger partial charge in [0.05, 0.1) is 29.3 Å². The van der Waals surface area contributed by atoms with E-state index in [1.54, 1.807) is 12.1 Å². The second kappa shape index (κ2) is 6.16. The lowest BCUT2D eigenvalue weighted by Gasteiger charge is -2.19. The van der Waals surface area contributed by atoms with Gasteiger partial charge in [0.2, 0.25) is 0 Å². The van der Waals surface area contributed by atoms with Crippen LogP contribution >= 0.6 is 0 Å². The Morgan fingerprint density at radius 1 is 1.21 bits per heavy atom. The standard InChI is InChI=1S/C19H16F2N4O3/c1-10(26)11-5-3-7-13-15(11)19(20,21)18(28)25(13)9-14-23-16-12(6-4-8-22-16)17(27)24(14)2/h3-8,10,26H,9H2,1-2H3/t10-/m0/s1. The Morgan fingerprint density at radius 3 is 2.68 bits per heavy atom. The van der Waals surface area contributed by atoms with Gasteiger partial charge in [-0.05, 0) is 30.7 Å². The Bertz CT molecular complexity index is 1170. The number of amides is 1. The number of pyridine rings is 1. The van der Waals surface area contributed by atoms with Crippen LogP contribution in [0.2, 0.25) is 0 Å². The maximum Gasteiger partial charge on any atom is 0.352 e. The monoisotopic (exact) mass is 386 g/mol. The number of alkyl halides is 2. The lowest BCUT2D eigenvalue weighted by Crippen LogP contribution is -2.36. The second-order valence-corrected chi connectivity index (χ2v) is 6.65. The Kier molecular flexibility index (Phi) is 4.00. The van der Waals surface area contributed by atoms with E-state index in [4.69, 9.17) is 0 Å². The van der Waals surface area contributed by atoms with Crippen LogP contribution in [-0.2, 0) is 24.3 Å². The van der Waals surface area contributed by atoms with Crippen molar-refractivity contribution in [3.8, 4) is 0 Å². The van der Waals surface area contributed by atoms with E-state index in [0.717, 1.165) is 4.90 Å². The van der Waals surface area contributed by atoms with Crippen LogP contribution in [0, 0.1) is 0 Å². The van der Waals surface area contributed by atoms with Crippen LogP contribution in [0.3, 0.4) is 0 Å². The minimum absolute atomic E-state index is 0.0104. The number of rotatable bonds is 3. The van der Waals surface area contributed by atoms with Crippen molar-refractivity contribution in [2.24, 2.45) is 7.05 Å². The number of benzene rings is 1. The van der Waals surface area contributed by atoms with Crippen molar-refractivity contribution in [3.05, 3.63) is 63.8 Å². The van der Waals surface area contributed by atoms with Crippen molar-refractivity contribution in [3.63, 3.8) is 0 Å². The number of hydrogen-bond acceptors (Lipinski definition) is 5. The van der Waals surface area contributed by atoms with E-state index in [-0.39, 0.29) is 34.8 Å². The van der Waals surface area contributed by atoms with Gasteiger partial charge in [0, 0.05) is 13.2 Å². The van der Waals surface area contributed by atoms with Crippen LogP contribution in [0.25, 0.3) is 11.0 Å². The van der Waals surface area contributed by atoms with E-state index >= 15 is 0 Å². The predicted molar refractivity (Wildman–Crippen MR) is 96.9 cm³/mol. The smallest absolute Gasteiger partial charge is 0.352 e. The van der Waals surface area contributed by atoms with E-state index in [1.165, 1.54) is 42.9 Å². The molecule has 144 valence electrons. The van der Waals surface area contributed by atoms with Crippen molar-refractivity contribution in [1.29, 1.82) is 0 Å². The zero-order valence-electron chi connectivity index (χ0n) is 15.1. The van der Waals surface area contributed by atoms with Gasteiger partial charge in [-0.3, -0.25) is 19.1 Å². The van der Waals surface area contributed by atoms with Crippen molar-refractivity contribution >= 4 is 22.6 Å². The van der Waals surface area contributed by atoms with E-state index < -0.39 is 23.5 Å².